The van der Waals surface area contributed by atoms with Crippen molar-refractivity contribution in [2.45, 2.75) is 24.7 Å². The number of pyridine rings is 1. The molecule has 0 bridgehead atoms. The number of amides is 2. The number of carbonyl (C=O) groups is 2. The van der Waals surface area contributed by atoms with Crippen molar-refractivity contribution in [3.8, 4) is 11.6 Å². The Hall–Kier alpha value is -4.08. The minimum Gasteiger partial charge on any atom is -0.481 e. The molecule has 2 aromatic carbocycles. The molecular formula is C26H24F3N3O4. The van der Waals surface area contributed by atoms with Crippen molar-refractivity contribution in [3.63, 3.8) is 0 Å². The Bertz CT molecular complexity index is 1370. The monoisotopic (exact) mass is 503 g/mol. The summed E-state index contributed by atoms with van der Waals surface area (Å²) in [5.41, 5.74) is 0.569. The number of alkyl halides is 3. The minimum absolute atomic E-state index is 0.0513. The SMILES string of the molecule is [2H]c1cc(C(=O)N2CC[C@@H](NC(=O)c3ccccc3OC(F)(F)F)[C@@H](c3ccccc3)C2)cnc1OC([2H])([2H])[2H]. The molecule has 1 aromatic heterocycles. The van der Waals surface area contributed by atoms with E-state index in [1.54, 1.807) is 18.2 Å². The highest BCUT2D eigenvalue weighted by molar-refractivity contribution is 5.97. The van der Waals surface area contributed by atoms with E-state index in [2.05, 4.69) is 19.8 Å². The second kappa shape index (κ2) is 10.7. The summed E-state index contributed by atoms with van der Waals surface area (Å²) in [7, 11) is -2.80. The van der Waals surface area contributed by atoms with Gasteiger partial charge in [-0.1, -0.05) is 42.5 Å². The third-order valence-corrected chi connectivity index (χ3v) is 5.82. The van der Waals surface area contributed by atoms with Crippen LogP contribution in [0, 0.1) is 0 Å². The van der Waals surface area contributed by atoms with Gasteiger partial charge in [0.05, 0.1) is 23.6 Å². The van der Waals surface area contributed by atoms with Crippen LogP contribution in [0.15, 0.2) is 72.9 Å². The lowest BCUT2D eigenvalue weighted by atomic mass is 9.85. The molecule has 1 saturated heterocycles. The third-order valence-electron chi connectivity index (χ3n) is 5.82. The topological polar surface area (TPSA) is 80.8 Å². The maximum absolute atomic E-state index is 13.3. The van der Waals surface area contributed by atoms with Gasteiger partial charge in [0.1, 0.15) is 5.75 Å². The molecule has 2 amide bonds. The van der Waals surface area contributed by atoms with Crippen molar-refractivity contribution in [1.29, 1.82) is 0 Å². The molecule has 0 spiro atoms. The summed E-state index contributed by atoms with van der Waals surface area (Å²) in [5, 5.41) is 2.81. The first kappa shape index (κ1) is 20.1. The molecule has 0 aliphatic carbocycles. The van der Waals surface area contributed by atoms with Crippen molar-refractivity contribution >= 4 is 11.8 Å². The highest BCUT2D eigenvalue weighted by Gasteiger charge is 2.36. The number of nitrogens with zero attached hydrogens (tertiary/aromatic N) is 2. The zero-order valence-electron chi connectivity index (χ0n) is 22.8. The summed E-state index contributed by atoms with van der Waals surface area (Å²) in [6, 6.07) is 14.3. The fourth-order valence-corrected chi connectivity index (χ4v) is 4.16. The number of benzene rings is 2. The van der Waals surface area contributed by atoms with Crippen molar-refractivity contribution in [2.75, 3.05) is 20.1 Å². The zero-order valence-corrected chi connectivity index (χ0v) is 18.8. The summed E-state index contributed by atoms with van der Waals surface area (Å²) in [4.78, 5) is 31.7. The van der Waals surface area contributed by atoms with E-state index in [1.165, 1.54) is 29.2 Å². The Kier molecular flexibility index (Phi) is 5.97. The molecule has 36 heavy (non-hydrogen) atoms. The molecule has 1 aliphatic rings. The van der Waals surface area contributed by atoms with E-state index in [0.29, 0.717) is 0 Å². The molecule has 1 aliphatic heterocycles. The average Bonchev–Trinajstić information content (AvgIpc) is 2.89. The fourth-order valence-electron chi connectivity index (χ4n) is 4.16. The fraction of sp³-hybridized carbons (Fsp3) is 0.269. The smallest absolute Gasteiger partial charge is 0.481 e. The predicted octanol–water partition coefficient (Wildman–Crippen LogP) is 4.42. The maximum Gasteiger partial charge on any atom is 0.573 e. The lowest BCUT2D eigenvalue weighted by Crippen LogP contribution is -2.51. The van der Waals surface area contributed by atoms with Gasteiger partial charge < -0.3 is 19.7 Å². The number of carbonyl (C=O) groups excluding carboxylic acids is 2. The molecule has 1 N–H and O–H groups in total. The lowest BCUT2D eigenvalue weighted by Gasteiger charge is -2.39. The van der Waals surface area contributed by atoms with Crippen LogP contribution in [0.5, 0.6) is 11.6 Å². The van der Waals surface area contributed by atoms with E-state index in [9.17, 15) is 22.8 Å². The third kappa shape index (κ3) is 5.94. The second-order valence-corrected chi connectivity index (χ2v) is 8.09. The van der Waals surface area contributed by atoms with Crippen LogP contribution >= 0.6 is 0 Å². The summed E-state index contributed by atoms with van der Waals surface area (Å²) in [6.45, 7) is 0.337. The standard InChI is InChI=1S/C26H24F3N3O4/c1-35-23-12-11-18(15-30-23)25(34)32-14-13-21(20(16-32)17-7-3-2-4-8-17)31-24(33)19-9-5-6-10-22(19)36-26(27,28)29/h2-12,15,20-21H,13-14,16H2,1H3,(H,31,33)/t20-,21-/m1/s1/i1D3,12D. The van der Waals surface area contributed by atoms with Crippen LogP contribution in [0.2, 0.25) is 0 Å². The van der Waals surface area contributed by atoms with Crippen molar-refractivity contribution in [1.82, 2.24) is 15.2 Å². The quantitative estimate of drug-likeness (QED) is 0.539. The van der Waals surface area contributed by atoms with Gasteiger partial charge in [0.2, 0.25) is 5.88 Å². The van der Waals surface area contributed by atoms with Crippen LogP contribution < -0.4 is 14.8 Å². The largest absolute Gasteiger partial charge is 0.573 e. The van der Waals surface area contributed by atoms with Crippen LogP contribution in [0.3, 0.4) is 0 Å². The highest BCUT2D eigenvalue weighted by atomic mass is 19.4. The number of piperidine rings is 1. The normalized spacial score (nSPS) is 19.8. The van der Waals surface area contributed by atoms with Gasteiger partial charge in [-0.2, -0.15) is 0 Å². The molecule has 0 saturated carbocycles. The molecule has 188 valence electrons. The van der Waals surface area contributed by atoms with Gasteiger partial charge >= 0.3 is 6.36 Å². The maximum atomic E-state index is 13.3. The Labute approximate surface area is 211 Å². The summed E-state index contributed by atoms with van der Waals surface area (Å²) in [6.07, 6.45) is -3.56. The number of hydrogen-bond acceptors (Lipinski definition) is 5. The Balaban J connectivity index is 1.54. The summed E-state index contributed by atoms with van der Waals surface area (Å²) in [5.74, 6) is -2.69. The van der Waals surface area contributed by atoms with Gasteiger partial charge in [-0.25, -0.2) is 4.98 Å². The number of nitrogens with one attached hydrogen (secondary N) is 1. The number of likely N-dealkylation sites (tertiary alicyclic amines) is 1. The van der Waals surface area contributed by atoms with Crippen LogP contribution in [-0.4, -0.2) is 54.2 Å². The van der Waals surface area contributed by atoms with Gasteiger partial charge in [0.15, 0.2) is 0 Å². The number of aromatic nitrogens is 1. The first-order valence-corrected chi connectivity index (χ1v) is 11.0. The molecule has 2 heterocycles. The van der Waals surface area contributed by atoms with E-state index < -0.39 is 48.8 Å². The van der Waals surface area contributed by atoms with Crippen molar-refractivity contribution in [2.24, 2.45) is 0 Å². The van der Waals surface area contributed by atoms with Gasteiger partial charge in [-0.15, -0.1) is 13.2 Å². The molecular weight excluding hydrogens is 475 g/mol. The molecule has 3 aromatic rings. The lowest BCUT2D eigenvalue weighted by molar-refractivity contribution is -0.274. The first-order valence-electron chi connectivity index (χ1n) is 13.0. The molecule has 0 radical (unpaired) electrons. The average molecular weight is 504 g/mol. The van der Waals surface area contributed by atoms with Crippen molar-refractivity contribution < 1.29 is 37.7 Å². The highest BCUT2D eigenvalue weighted by Crippen LogP contribution is 2.30. The number of rotatable bonds is 6. The molecule has 0 unspecified atom stereocenters. The van der Waals surface area contributed by atoms with Crippen LogP contribution in [0.1, 0.15) is 44.1 Å². The number of methoxy groups -OCH3 is 1. The number of ether oxygens (including phenoxy) is 2. The van der Waals surface area contributed by atoms with E-state index in [-0.39, 0.29) is 36.7 Å². The first-order chi connectivity index (χ1) is 18.8. The summed E-state index contributed by atoms with van der Waals surface area (Å²) >= 11 is 0. The molecule has 4 rings (SSSR count). The summed E-state index contributed by atoms with van der Waals surface area (Å²) < 4.78 is 76.8. The zero-order chi connectivity index (χ0) is 29.1. The number of hydrogen-bond donors (Lipinski definition) is 1. The van der Waals surface area contributed by atoms with Gasteiger partial charge in [0.25, 0.3) is 11.8 Å². The molecule has 7 nitrogen and oxygen atoms in total. The van der Waals surface area contributed by atoms with E-state index in [4.69, 9.17) is 5.48 Å². The molecule has 2 atom stereocenters. The number of para-hydroxylation sites is 1. The van der Waals surface area contributed by atoms with E-state index >= 15 is 0 Å². The van der Waals surface area contributed by atoms with Gasteiger partial charge in [-0.3, -0.25) is 9.59 Å². The Morgan fingerprint density at radius 2 is 1.89 bits per heavy atom. The molecule has 1 fully saturated rings. The second-order valence-electron chi connectivity index (χ2n) is 8.09. The van der Waals surface area contributed by atoms with E-state index in [0.717, 1.165) is 17.8 Å². The van der Waals surface area contributed by atoms with Gasteiger partial charge in [0, 0.05) is 37.3 Å². The Morgan fingerprint density at radius 1 is 1.14 bits per heavy atom. The predicted molar refractivity (Wildman–Crippen MR) is 125 cm³/mol. The van der Waals surface area contributed by atoms with Gasteiger partial charge in [-0.05, 0) is 30.2 Å². The van der Waals surface area contributed by atoms with Crippen LogP contribution in [0.4, 0.5) is 13.2 Å². The Morgan fingerprint density at radius 3 is 2.61 bits per heavy atom. The van der Waals surface area contributed by atoms with E-state index in [1.807, 2.05) is 12.1 Å². The van der Waals surface area contributed by atoms with Crippen molar-refractivity contribution in [3.05, 3.63) is 89.6 Å². The van der Waals surface area contributed by atoms with Crippen LogP contribution in [0.25, 0.3) is 0 Å². The number of halogens is 3. The van der Waals surface area contributed by atoms with Crippen LogP contribution in [-0.2, 0) is 0 Å². The minimum atomic E-state index is -4.97. The molecule has 10 heteroatoms.